The molecule has 4 rings (SSSR count). The number of aromatic nitrogens is 3. The second kappa shape index (κ2) is 8.54. The van der Waals surface area contributed by atoms with Crippen molar-refractivity contribution in [3.63, 3.8) is 0 Å². The summed E-state index contributed by atoms with van der Waals surface area (Å²) in [6.45, 7) is 2.23. The first-order valence-electron chi connectivity index (χ1n) is 9.73. The summed E-state index contributed by atoms with van der Waals surface area (Å²) in [7, 11) is 0. The third-order valence-corrected chi connectivity index (χ3v) is 5.04. The Hall–Kier alpha value is -3.39. The minimum atomic E-state index is -0.641. The highest BCUT2D eigenvalue weighted by molar-refractivity contribution is 5.73. The maximum Gasteiger partial charge on any atom is 0.219 e. The number of rotatable bonds is 4. The normalized spacial score (nSPS) is 18.8. The van der Waals surface area contributed by atoms with E-state index >= 15 is 0 Å². The van der Waals surface area contributed by atoms with Crippen LogP contribution in [-0.4, -0.2) is 50.1 Å². The number of halogens is 1. The molecular formula is C22H22FN5O2. The van der Waals surface area contributed by atoms with E-state index in [1.165, 1.54) is 19.1 Å². The summed E-state index contributed by atoms with van der Waals surface area (Å²) in [5, 5.41) is 13.4. The van der Waals surface area contributed by atoms with Gasteiger partial charge in [0.2, 0.25) is 5.91 Å². The molecule has 0 bridgehead atoms. The van der Waals surface area contributed by atoms with E-state index in [0.717, 1.165) is 5.56 Å². The second-order valence-corrected chi connectivity index (χ2v) is 7.38. The number of nitrogens with one attached hydrogen (secondary N) is 1. The average Bonchev–Trinajstić information content (AvgIpc) is 2.74. The Morgan fingerprint density at radius 1 is 1.20 bits per heavy atom. The molecule has 30 heavy (non-hydrogen) atoms. The third kappa shape index (κ3) is 4.60. The quantitative estimate of drug-likeness (QED) is 0.691. The molecule has 7 nitrogen and oxygen atoms in total. The van der Waals surface area contributed by atoms with E-state index in [1.54, 1.807) is 35.5 Å². The number of anilines is 2. The van der Waals surface area contributed by atoms with Crippen LogP contribution in [0, 0.1) is 5.82 Å². The van der Waals surface area contributed by atoms with Crippen molar-refractivity contribution in [2.75, 3.05) is 18.4 Å². The van der Waals surface area contributed by atoms with Gasteiger partial charge >= 0.3 is 0 Å². The highest BCUT2D eigenvalue weighted by Crippen LogP contribution is 2.29. The molecule has 2 atom stereocenters. The van der Waals surface area contributed by atoms with Gasteiger partial charge in [0.25, 0.3) is 0 Å². The molecule has 154 valence electrons. The lowest BCUT2D eigenvalue weighted by Gasteiger charge is -2.34. The molecule has 1 amide bonds. The van der Waals surface area contributed by atoms with Gasteiger partial charge in [-0.3, -0.25) is 9.78 Å². The van der Waals surface area contributed by atoms with Crippen LogP contribution < -0.4 is 5.32 Å². The van der Waals surface area contributed by atoms with Crippen molar-refractivity contribution in [1.82, 2.24) is 19.9 Å². The van der Waals surface area contributed by atoms with Crippen LogP contribution in [0.1, 0.15) is 25.1 Å². The topological polar surface area (TPSA) is 91.2 Å². The van der Waals surface area contributed by atoms with Gasteiger partial charge in [-0.25, -0.2) is 14.4 Å². The SMILES string of the molecule is CC(=O)N1CC(O)CC(c2nc(Nc3cccc(F)c3)cc(-c3cccnc3)n2)C1. The number of amides is 1. The summed E-state index contributed by atoms with van der Waals surface area (Å²) in [5.74, 6) is 0.344. The number of nitrogens with zero attached hydrogens (tertiary/aromatic N) is 4. The molecular weight excluding hydrogens is 385 g/mol. The number of likely N-dealkylation sites (tertiary alicyclic amines) is 1. The lowest BCUT2D eigenvalue weighted by atomic mass is 9.94. The van der Waals surface area contributed by atoms with Gasteiger partial charge in [0.1, 0.15) is 17.5 Å². The molecule has 3 aromatic rings. The second-order valence-electron chi connectivity index (χ2n) is 7.38. The van der Waals surface area contributed by atoms with Gasteiger partial charge in [0, 0.05) is 55.6 Å². The summed E-state index contributed by atoms with van der Waals surface area (Å²) in [6.07, 6.45) is 3.20. The standard InChI is InChI=1S/C22H22FN5O2/c1-14(29)28-12-16(8-19(30)13-28)22-26-20(15-4-3-7-24-11-15)10-21(27-22)25-18-6-2-5-17(23)9-18/h2-7,9-11,16,19,30H,8,12-13H2,1H3,(H,25,26,27). The zero-order chi connectivity index (χ0) is 21.1. The highest BCUT2D eigenvalue weighted by atomic mass is 19.1. The van der Waals surface area contributed by atoms with Gasteiger partial charge in [-0.2, -0.15) is 0 Å². The molecule has 2 aromatic heterocycles. The molecule has 1 aliphatic heterocycles. The third-order valence-electron chi connectivity index (χ3n) is 5.04. The molecule has 1 aliphatic rings. The maximum atomic E-state index is 13.6. The number of β-amino-alcohol motifs (C(OH)–C–C–N with tert-alkyl or cyclic N) is 1. The van der Waals surface area contributed by atoms with Gasteiger partial charge < -0.3 is 15.3 Å². The molecule has 0 spiro atoms. The zero-order valence-corrected chi connectivity index (χ0v) is 16.5. The molecule has 1 aromatic carbocycles. The van der Waals surface area contributed by atoms with E-state index in [0.29, 0.717) is 42.5 Å². The van der Waals surface area contributed by atoms with Crippen molar-refractivity contribution < 1.29 is 14.3 Å². The van der Waals surface area contributed by atoms with Crippen molar-refractivity contribution in [3.8, 4) is 11.3 Å². The Kier molecular flexibility index (Phi) is 5.67. The van der Waals surface area contributed by atoms with Gasteiger partial charge in [0.15, 0.2) is 0 Å². The number of carbonyl (C=O) groups excluding carboxylic acids is 1. The fraction of sp³-hybridized carbons (Fsp3) is 0.273. The fourth-order valence-corrected chi connectivity index (χ4v) is 3.61. The van der Waals surface area contributed by atoms with Gasteiger partial charge in [-0.05, 0) is 36.8 Å². The van der Waals surface area contributed by atoms with Crippen LogP contribution in [0.15, 0.2) is 54.9 Å². The number of piperidine rings is 1. The van der Waals surface area contributed by atoms with Crippen molar-refractivity contribution in [1.29, 1.82) is 0 Å². The monoisotopic (exact) mass is 407 g/mol. The number of pyridine rings is 1. The molecule has 0 aliphatic carbocycles. The van der Waals surface area contributed by atoms with E-state index in [9.17, 15) is 14.3 Å². The molecule has 1 fully saturated rings. The summed E-state index contributed by atoms with van der Waals surface area (Å²) in [5.41, 5.74) is 2.02. The number of aliphatic hydroxyl groups excluding tert-OH is 1. The Labute approximate surface area is 173 Å². The lowest BCUT2D eigenvalue weighted by Crippen LogP contribution is -2.44. The summed E-state index contributed by atoms with van der Waals surface area (Å²) in [6, 6.07) is 11.6. The van der Waals surface area contributed by atoms with E-state index in [2.05, 4.69) is 15.3 Å². The van der Waals surface area contributed by atoms with Crippen molar-refractivity contribution in [2.45, 2.75) is 25.4 Å². The Morgan fingerprint density at radius 2 is 2.07 bits per heavy atom. The van der Waals surface area contributed by atoms with E-state index in [4.69, 9.17) is 4.98 Å². The minimum absolute atomic E-state index is 0.0970. The zero-order valence-electron chi connectivity index (χ0n) is 16.5. The Morgan fingerprint density at radius 3 is 2.80 bits per heavy atom. The van der Waals surface area contributed by atoms with Crippen LogP contribution in [0.25, 0.3) is 11.3 Å². The van der Waals surface area contributed by atoms with Gasteiger partial charge in [-0.1, -0.05) is 6.07 Å². The molecule has 8 heteroatoms. The Bertz CT molecular complexity index is 1050. The van der Waals surface area contributed by atoms with Gasteiger partial charge in [-0.15, -0.1) is 0 Å². The maximum absolute atomic E-state index is 13.6. The molecule has 0 radical (unpaired) electrons. The highest BCUT2D eigenvalue weighted by Gasteiger charge is 2.30. The van der Waals surface area contributed by atoms with Crippen LogP contribution >= 0.6 is 0 Å². The predicted molar refractivity (Wildman–Crippen MR) is 111 cm³/mol. The van der Waals surface area contributed by atoms with Crippen molar-refractivity contribution in [3.05, 3.63) is 66.5 Å². The largest absolute Gasteiger partial charge is 0.391 e. The fourth-order valence-electron chi connectivity index (χ4n) is 3.61. The van der Waals surface area contributed by atoms with E-state index in [1.807, 2.05) is 12.1 Å². The number of carbonyl (C=O) groups is 1. The minimum Gasteiger partial charge on any atom is -0.391 e. The van der Waals surface area contributed by atoms with E-state index < -0.39 is 6.10 Å². The first kappa shape index (κ1) is 19.9. The molecule has 1 saturated heterocycles. The predicted octanol–water partition coefficient (Wildman–Crippen LogP) is 3.12. The van der Waals surface area contributed by atoms with Crippen LogP contribution in [0.3, 0.4) is 0 Å². The summed E-state index contributed by atoms with van der Waals surface area (Å²) in [4.78, 5) is 27.0. The van der Waals surface area contributed by atoms with Crippen molar-refractivity contribution in [2.24, 2.45) is 0 Å². The number of aliphatic hydroxyl groups is 1. The molecule has 3 heterocycles. The van der Waals surface area contributed by atoms with Crippen LogP contribution in [0.4, 0.5) is 15.9 Å². The summed E-state index contributed by atoms with van der Waals surface area (Å²) < 4.78 is 13.6. The van der Waals surface area contributed by atoms with Crippen LogP contribution in [0.2, 0.25) is 0 Å². The number of hydrogen-bond acceptors (Lipinski definition) is 6. The first-order chi connectivity index (χ1) is 14.5. The first-order valence-corrected chi connectivity index (χ1v) is 9.73. The van der Waals surface area contributed by atoms with Crippen molar-refractivity contribution >= 4 is 17.4 Å². The molecule has 2 N–H and O–H groups in total. The number of benzene rings is 1. The Balaban J connectivity index is 1.72. The number of hydrogen-bond donors (Lipinski definition) is 2. The van der Waals surface area contributed by atoms with Crippen LogP contribution in [-0.2, 0) is 4.79 Å². The lowest BCUT2D eigenvalue weighted by molar-refractivity contribution is -0.132. The molecule has 0 saturated carbocycles. The van der Waals surface area contributed by atoms with E-state index in [-0.39, 0.29) is 17.6 Å². The molecule has 2 unspecified atom stereocenters. The average molecular weight is 407 g/mol. The van der Waals surface area contributed by atoms with Gasteiger partial charge in [0.05, 0.1) is 11.8 Å². The smallest absolute Gasteiger partial charge is 0.219 e. The summed E-state index contributed by atoms with van der Waals surface area (Å²) >= 11 is 0. The van der Waals surface area contributed by atoms with Crippen LogP contribution in [0.5, 0.6) is 0 Å².